The number of rotatable bonds is 6. The molecule has 3 aromatic rings. The fraction of sp³-hybridized carbons (Fsp3) is 0.150. The van der Waals surface area contributed by atoms with Crippen LogP contribution >= 0.6 is 0 Å². The van der Waals surface area contributed by atoms with Crippen LogP contribution in [0.25, 0.3) is 11.3 Å². The summed E-state index contributed by atoms with van der Waals surface area (Å²) < 4.78 is 32.4. The molecule has 1 atom stereocenters. The molecular formula is C20H20N2O4S. The molecule has 140 valence electrons. The van der Waals surface area contributed by atoms with E-state index in [2.05, 4.69) is 9.71 Å². The van der Waals surface area contributed by atoms with Crippen molar-refractivity contribution in [3.63, 3.8) is 0 Å². The van der Waals surface area contributed by atoms with Crippen molar-refractivity contribution in [2.75, 3.05) is 0 Å². The summed E-state index contributed by atoms with van der Waals surface area (Å²) in [6.07, 6.45) is 1.56. The molecule has 0 saturated carbocycles. The van der Waals surface area contributed by atoms with E-state index in [9.17, 15) is 13.2 Å². The van der Waals surface area contributed by atoms with Gasteiger partial charge in [-0.3, -0.25) is 0 Å². The molecule has 6 nitrogen and oxygen atoms in total. The van der Waals surface area contributed by atoms with E-state index in [4.69, 9.17) is 4.74 Å². The van der Waals surface area contributed by atoms with Crippen molar-refractivity contribution in [1.29, 1.82) is 0 Å². The summed E-state index contributed by atoms with van der Waals surface area (Å²) in [6.45, 7) is 3.31. The van der Waals surface area contributed by atoms with Crippen molar-refractivity contribution < 1.29 is 17.9 Å². The monoisotopic (exact) mass is 384 g/mol. The molecule has 0 radical (unpaired) electrons. The number of esters is 1. The fourth-order valence-corrected chi connectivity index (χ4v) is 3.68. The Morgan fingerprint density at radius 1 is 1.07 bits per heavy atom. The number of carbonyl (C=O) groups is 1. The van der Waals surface area contributed by atoms with Gasteiger partial charge in [0.15, 0.2) is 0 Å². The first-order valence-corrected chi connectivity index (χ1v) is 9.88. The number of aryl methyl sites for hydroxylation is 1. The van der Waals surface area contributed by atoms with E-state index in [1.54, 1.807) is 24.4 Å². The van der Waals surface area contributed by atoms with E-state index in [1.807, 2.05) is 37.3 Å². The summed E-state index contributed by atoms with van der Waals surface area (Å²) in [5.74, 6) is -0.371. The zero-order chi connectivity index (χ0) is 19.4. The zero-order valence-corrected chi connectivity index (χ0v) is 15.8. The normalized spacial score (nSPS) is 12.5. The standard InChI is InChI=1S/C20H20N2O4S/c1-14-8-10-18(11-9-14)27(24,25)22-15(2)20(23)26-17-12-19(21-13-17)16-6-4-3-5-7-16/h3-13,15,21-22H,1-2H3/t15-/m0/s1. The van der Waals surface area contributed by atoms with Crippen LogP contribution in [-0.2, 0) is 14.8 Å². The lowest BCUT2D eigenvalue weighted by Crippen LogP contribution is -2.40. The van der Waals surface area contributed by atoms with Crippen LogP contribution in [0, 0.1) is 6.92 Å². The number of hydrogen-bond donors (Lipinski definition) is 2. The van der Waals surface area contributed by atoms with Crippen molar-refractivity contribution >= 4 is 16.0 Å². The molecule has 2 aromatic carbocycles. The second-order valence-electron chi connectivity index (χ2n) is 6.19. The number of carbonyl (C=O) groups excluding carboxylic acids is 1. The number of hydrogen-bond acceptors (Lipinski definition) is 4. The van der Waals surface area contributed by atoms with E-state index in [1.165, 1.54) is 19.1 Å². The maximum atomic E-state index is 12.4. The van der Waals surface area contributed by atoms with Gasteiger partial charge in [-0.05, 0) is 31.5 Å². The predicted molar refractivity (Wildman–Crippen MR) is 103 cm³/mol. The molecule has 2 N–H and O–H groups in total. The van der Waals surface area contributed by atoms with Crippen molar-refractivity contribution in [1.82, 2.24) is 9.71 Å². The third-order valence-electron chi connectivity index (χ3n) is 3.98. The molecule has 0 spiro atoms. The highest BCUT2D eigenvalue weighted by atomic mass is 32.2. The van der Waals surface area contributed by atoms with Crippen LogP contribution in [0.15, 0.2) is 71.8 Å². The number of aromatic amines is 1. The fourth-order valence-electron chi connectivity index (χ4n) is 2.49. The van der Waals surface area contributed by atoms with Gasteiger partial charge in [0.1, 0.15) is 11.8 Å². The van der Waals surface area contributed by atoms with Crippen LogP contribution in [0.5, 0.6) is 5.75 Å². The van der Waals surface area contributed by atoms with Crippen LogP contribution in [0.2, 0.25) is 0 Å². The first-order valence-electron chi connectivity index (χ1n) is 8.40. The molecule has 0 aliphatic rings. The Kier molecular flexibility index (Phi) is 5.43. The zero-order valence-electron chi connectivity index (χ0n) is 15.0. The van der Waals surface area contributed by atoms with E-state index in [0.29, 0.717) is 5.75 Å². The highest BCUT2D eigenvalue weighted by Crippen LogP contribution is 2.23. The first-order chi connectivity index (χ1) is 12.8. The minimum atomic E-state index is -3.81. The Morgan fingerprint density at radius 2 is 1.74 bits per heavy atom. The maximum Gasteiger partial charge on any atom is 0.329 e. The summed E-state index contributed by atoms with van der Waals surface area (Å²) in [6, 6.07) is 16.6. The molecule has 0 saturated heterocycles. The predicted octanol–water partition coefficient (Wildman–Crippen LogP) is 3.26. The largest absolute Gasteiger partial charge is 0.424 e. The summed E-state index contributed by atoms with van der Waals surface area (Å²) in [4.78, 5) is 15.4. The minimum Gasteiger partial charge on any atom is -0.424 e. The number of nitrogens with one attached hydrogen (secondary N) is 2. The van der Waals surface area contributed by atoms with Gasteiger partial charge in [0, 0.05) is 18.0 Å². The third kappa shape index (κ3) is 4.64. The molecule has 0 bridgehead atoms. The Balaban J connectivity index is 1.66. The summed E-state index contributed by atoms with van der Waals surface area (Å²) in [5, 5.41) is 0. The number of ether oxygens (including phenoxy) is 1. The summed E-state index contributed by atoms with van der Waals surface area (Å²) in [5.41, 5.74) is 2.70. The Morgan fingerprint density at radius 3 is 2.41 bits per heavy atom. The minimum absolute atomic E-state index is 0.0979. The Hall–Kier alpha value is -2.90. The van der Waals surface area contributed by atoms with E-state index < -0.39 is 22.0 Å². The van der Waals surface area contributed by atoms with E-state index in [-0.39, 0.29) is 4.90 Å². The lowest BCUT2D eigenvalue weighted by Gasteiger charge is -2.13. The van der Waals surface area contributed by atoms with Crippen LogP contribution in [0.3, 0.4) is 0 Å². The van der Waals surface area contributed by atoms with Gasteiger partial charge < -0.3 is 9.72 Å². The molecule has 27 heavy (non-hydrogen) atoms. The Bertz CT molecular complexity index is 1030. The van der Waals surface area contributed by atoms with Crippen LogP contribution in [-0.4, -0.2) is 25.4 Å². The molecule has 0 amide bonds. The summed E-state index contributed by atoms with van der Waals surface area (Å²) >= 11 is 0. The maximum absolute atomic E-state index is 12.4. The highest BCUT2D eigenvalue weighted by molar-refractivity contribution is 7.89. The summed E-state index contributed by atoms with van der Waals surface area (Å²) in [7, 11) is -3.81. The van der Waals surface area contributed by atoms with Crippen molar-refractivity contribution in [2.24, 2.45) is 0 Å². The van der Waals surface area contributed by atoms with Crippen LogP contribution in [0.1, 0.15) is 12.5 Å². The molecule has 0 fully saturated rings. The average Bonchev–Trinajstić information content (AvgIpc) is 3.11. The smallest absolute Gasteiger partial charge is 0.329 e. The first kappa shape index (κ1) is 18.9. The van der Waals surface area contributed by atoms with Crippen molar-refractivity contribution in [2.45, 2.75) is 24.8 Å². The quantitative estimate of drug-likeness (QED) is 0.639. The van der Waals surface area contributed by atoms with Gasteiger partial charge in [-0.15, -0.1) is 0 Å². The van der Waals surface area contributed by atoms with Crippen LogP contribution < -0.4 is 9.46 Å². The number of sulfonamides is 1. The topological polar surface area (TPSA) is 88.3 Å². The molecule has 1 aromatic heterocycles. The van der Waals surface area contributed by atoms with Gasteiger partial charge >= 0.3 is 5.97 Å². The van der Waals surface area contributed by atoms with Gasteiger partial charge in [0.25, 0.3) is 0 Å². The molecule has 7 heteroatoms. The Labute approximate surface area is 158 Å². The second-order valence-corrected chi connectivity index (χ2v) is 7.91. The average molecular weight is 384 g/mol. The molecule has 0 aliphatic carbocycles. The van der Waals surface area contributed by atoms with E-state index >= 15 is 0 Å². The van der Waals surface area contributed by atoms with Gasteiger partial charge in [-0.1, -0.05) is 48.0 Å². The number of aromatic nitrogens is 1. The molecule has 0 aliphatic heterocycles. The van der Waals surface area contributed by atoms with Crippen LogP contribution in [0.4, 0.5) is 0 Å². The molecule has 1 heterocycles. The number of benzene rings is 2. The van der Waals surface area contributed by atoms with Crippen molar-refractivity contribution in [3.8, 4) is 17.0 Å². The van der Waals surface area contributed by atoms with Gasteiger partial charge in [-0.25, -0.2) is 13.2 Å². The highest BCUT2D eigenvalue weighted by Gasteiger charge is 2.23. The molecule has 3 rings (SSSR count). The second kappa shape index (κ2) is 7.77. The third-order valence-corrected chi connectivity index (χ3v) is 5.53. The van der Waals surface area contributed by atoms with Crippen molar-refractivity contribution in [3.05, 3.63) is 72.4 Å². The van der Waals surface area contributed by atoms with Gasteiger partial charge in [0.05, 0.1) is 4.90 Å². The van der Waals surface area contributed by atoms with E-state index in [0.717, 1.165) is 16.8 Å². The molecular weight excluding hydrogens is 364 g/mol. The lowest BCUT2D eigenvalue weighted by atomic mass is 10.2. The lowest BCUT2D eigenvalue weighted by molar-refractivity contribution is -0.135. The van der Waals surface area contributed by atoms with Gasteiger partial charge in [0.2, 0.25) is 10.0 Å². The number of H-pyrrole nitrogens is 1. The SMILES string of the molecule is Cc1ccc(S(=O)(=O)N[C@@H](C)C(=O)Oc2c[nH]c(-c3ccccc3)c2)cc1. The molecule has 0 unspecified atom stereocenters. The van der Waals surface area contributed by atoms with Gasteiger partial charge in [-0.2, -0.15) is 4.72 Å².